The number of hydrogen-bond donors (Lipinski definition) is 1. The van der Waals surface area contributed by atoms with Crippen LogP contribution in [0.4, 0.5) is 18.9 Å². The van der Waals surface area contributed by atoms with Gasteiger partial charge in [0, 0.05) is 23.3 Å². The minimum Gasteiger partial charge on any atom is -0.493 e. The zero-order valence-electron chi connectivity index (χ0n) is 19.8. The van der Waals surface area contributed by atoms with Gasteiger partial charge < -0.3 is 19.5 Å². The van der Waals surface area contributed by atoms with Crippen LogP contribution in [-0.2, 0) is 17.4 Å². The van der Waals surface area contributed by atoms with Gasteiger partial charge in [-0.1, -0.05) is 12.1 Å². The fraction of sp³-hybridized carbons (Fsp3) is 0.185. The summed E-state index contributed by atoms with van der Waals surface area (Å²) in [7, 11) is 3.09. The smallest absolute Gasteiger partial charge is 0.416 e. The Morgan fingerprint density at radius 2 is 1.61 bits per heavy atom. The van der Waals surface area contributed by atoms with Gasteiger partial charge in [-0.15, -0.1) is 0 Å². The van der Waals surface area contributed by atoms with E-state index in [2.05, 4.69) is 10.3 Å². The number of fused-ring (bicyclic) bond motifs is 1. The van der Waals surface area contributed by atoms with Crippen molar-refractivity contribution in [3.8, 4) is 23.0 Å². The number of aryl methyl sites for hydroxylation is 1. The van der Waals surface area contributed by atoms with Gasteiger partial charge in [0.05, 0.1) is 31.7 Å². The van der Waals surface area contributed by atoms with Crippen molar-refractivity contribution in [2.45, 2.75) is 19.5 Å². The molecule has 0 saturated carbocycles. The largest absolute Gasteiger partial charge is 0.493 e. The number of rotatable bonds is 7. The number of halogens is 3. The Morgan fingerprint density at radius 1 is 0.917 bits per heavy atom. The first kappa shape index (κ1) is 24.8. The first-order valence-electron chi connectivity index (χ1n) is 10.9. The molecule has 1 amide bonds. The van der Waals surface area contributed by atoms with Gasteiger partial charge in [-0.3, -0.25) is 9.78 Å². The Balaban J connectivity index is 1.46. The Bertz CT molecular complexity index is 1400. The second-order valence-corrected chi connectivity index (χ2v) is 8.03. The summed E-state index contributed by atoms with van der Waals surface area (Å²) in [5.74, 6) is 1.73. The molecule has 0 aliphatic carbocycles. The lowest BCUT2D eigenvalue weighted by Gasteiger charge is -2.13. The topological polar surface area (TPSA) is 69.7 Å². The highest BCUT2D eigenvalue weighted by Gasteiger charge is 2.32. The van der Waals surface area contributed by atoms with Gasteiger partial charge in [0.1, 0.15) is 11.5 Å². The number of hydrogen-bond acceptors (Lipinski definition) is 5. The molecular weight excluding hydrogens is 473 g/mol. The molecule has 1 aromatic heterocycles. The van der Waals surface area contributed by atoms with E-state index >= 15 is 0 Å². The molecular formula is C27H23F3N2O4. The van der Waals surface area contributed by atoms with Crippen LogP contribution in [0.15, 0.2) is 66.9 Å². The van der Waals surface area contributed by atoms with E-state index in [0.717, 1.165) is 11.5 Å². The zero-order chi connectivity index (χ0) is 25.9. The minimum atomic E-state index is -4.47. The number of pyridine rings is 1. The standard InChI is InChI=1S/C27H23F3N2O4/c1-16-4-5-17(12-21(16)27(28,29)30)13-26(33)32-18-6-8-19(9-7-18)36-23-10-11-31-22-15-25(35-3)24(34-2)14-20(22)23/h4-12,14-15H,13H2,1-3H3,(H,32,33). The fourth-order valence-electron chi connectivity index (χ4n) is 3.74. The van der Waals surface area contributed by atoms with E-state index in [1.54, 1.807) is 62.9 Å². The molecule has 1 N–H and O–H groups in total. The number of amides is 1. The highest BCUT2D eigenvalue weighted by atomic mass is 19.4. The maximum Gasteiger partial charge on any atom is 0.416 e. The van der Waals surface area contributed by atoms with Crippen molar-refractivity contribution in [3.63, 3.8) is 0 Å². The van der Waals surface area contributed by atoms with Crippen LogP contribution in [0, 0.1) is 6.92 Å². The second-order valence-electron chi connectivity index (χ2n) is 8.03. The summed E-state index contributed by atoms with van der Waals surface area (Å²) in [6.07, 6.45) is -3.03. The van der Waals surface area contributed by atoms with Crippen LogP contribution in [0.1, 0.15) is 16.7 Å². The van der Waals surface area contributed by atoms with Crippen LogP contribution in [0.2, 0.25) is 0 Å². The maximum absolute atomic E-state index is 13.1. The monoisotopic (exact) mass is 496 g/mol. The lowest BCUT2D eigenvalue weighted by atomic mass is 10.0. The fourth-order valence-corrected chi connectivity index (χ4v) is 3.74. The van der Waals surface area contributed by atoms with Crippen LogP contribution in [0.3, 0.4) is 0 Å². The molecule has 3 aromatic carbocycles. The molecule has 6 nitrogen and oxygen atoms in total. The van der Waals surface area contributed by atoms with Crippen molar-refractivity contribution in [2.75, 3.05) is 19.5 Å². The molecule has 186 valence electrons. The summed E-state index contributed by atoms with van der Waals surface area (Å²) in [6, 6.07) is 15.8. The number of aromatic nitrogens is 1. The number of anilines is 1. The number of ether oxygens (including phenoxy) is 3. The predicted octanol–water partition coefficient (Wildman–Crippen LogP) is 6.55. The predicted molar refractivity (Wildman–Crippen MR) is 130 cm³/mol. The van der Waals surface area contributed by atoms with Crippen molar-refractivity contribution in [1.29, 1.82) is 0 Å². The molecule has 9 heteroatoms. The van der Waals surface area contributed by atoms with Crippen LogP contribution >= 0.6 is 0 Å². The molecule has 0 saturated heterocycles. The van der Waals surface area contributed by atoms with Crippen molar-refractivity contribution in [1.82, 2.24) is 4.98 Å². The molecule has 0 radical (unpaired) electrons. The number of alkyl halides is 3. The SMILES string of the molecule is COc1cc2nccc(Oc3ccc(NC(=O)Cc4ccc(C)c(C(F)(F)F)c4)cc3)c2cc1OC. The second kappa shape index (κ2) is 10.2. The van der Waals surface area contributed by atoms with E-state index in [4.69, 9.17) is 14.2 Å². The van der Waals surface area contributed by atoms with Gasteiger partial charge in [0.15, 0.2) is 11.5 Å². The maximum atomic E-state index is 13.1. The van der Waals surface area contributed by atoms with Crippen molar-refractivity contribution in [3.05, 3.63) is 83.6 Å². The Kier molecular flexibility index (Phi) is 7.00. The van der Waals surface area contributed by atoms with E-state index in [9.17, 15) is 18.0 Å². The lowest BCUT2D eigenvalue weighted by molar-refractivity contribution is -0.138. The minimum absolute atomic E-state index is 0.113. The molecule has 4 aromatic rings. The summed E-state index contributed by atoms with van der Waals surface area (Å²) in [6.45, 7) is 1.39. The first-order valence-corrected chi connectivity index (χ1v) is 10.9. The van der Waals surface area contributed by atoms with E-state index < -0.39 is 17.6 Å². The molecule has 0 aliphatic heterocycles. The van der Waals surface area contributed by atoms with Crippen LogP contribution in [0.5, 0.6) is 23.0 Å². The Morgan fingerprint density at radius 3 is 2.28 bits per heavy atom. The third-order valence-electron chi connectivity index (χ3n) is 5.54. The molecule has 0 spiro atoms. The normalized spacial score (nSPS) is 11.3. The van der Waals surface area contributed by atoms with Gasteiger partial charge in [-0.05, 0) is 60.5 Å². The van der Waals surface area contributed by atoms with Gasteiger partial charge in [0.25, 0.3) is 0 Å². The highest BCUT2D eigenvalue weighted by molar-refractivity contribution is 5.92. The summed E-state index contributed by atoms with van der Waals surface area (Å²) in [4.78, 5) is 16.8. The van der Waals surface area contributed by atoms with Gasteiger partial charge >= 0.3 is 6.18 Å². The summed E-state index contributed by atoms with van der Waals surface area (Å²) >= 11 is 0. The quantitative estimate of drug-likeness (QED) is 0.314. The van der Waals surface area contributed by atoms with E-state index in [0.29, 0.717) is 34.2 Å². The average molecular weight is 496 g/mol. The highest BCUT2D eigenvalue weighted by Crippen LogP contribution is 2.37. The summed E-state index contributed by atoms with van der Waals surface area (Å²) in [5.41, 5.74) is 0.804. The first-order chi connectivity index (χ1) is 17.2. The van der Waals surface area contributed by atoms with Crippen molar-refractivity contribution >= 4 is 22.5 Å². The molecule has 4 rings (SSSR count). The van der Waals surface area contributed by atoms with Crippen LogP contribution < -0.4 is 19.5 Å². The van der Waals surface area contributed by atoms with Crippen molar-refractivity contribution < 1.29 is 32.2 Å². The van der Waals surface area contributed by atoms with Crippen LogP contribution in [-0.4, -0.2) is 25.1 Å². The van der Waals surface area contributed by atoms with E-state index in [1.165, 1.54) is 19.1 Å². The van der Waals surface area contributed by atoms with Crippen molar-refractivity contribution in [2.24, 2.45) is 0 Å². The zero-order valence-corrected chi connectivity index (χ0v) is 19.8. The third-order valence-corrected chi connectivity index (χ3v) is 5.54. The average Bonchev–Trinajstić information content (AvgIpc) is 2.85. The van der Waals surface area contributed by atoms with Gasteiger partial charge in [-0.2, -0.15) is 13.2 Å². The van der Waals surface area contributed by atoms with E-state index in [1.807, 2.05) is 0 Å². The lowest BCUT2D eigenvalue weighted by Crippen LogP contribution is -2.15. The molecule has 0 atom stereocenters. The van der Waals surface area contributed by atoms with Gasteiger partial charge in [-0.25, -0.2) is 0 Å². The molecule has 0 fully saturated rings. The number of benzene rings is 3. The summed E-state index contributed by atoms with van der Waals surface area (Å²) in [5, 5.41) is 3.42. The number of nitrogens with zero attached hydrogens (tertiary/aromatic N) is 1. The Labute approximate surface area is 205 Å². The number of carbonyl (C=O) groups is 1. The summed E-state index contributed by atoms with van der Waals surface area (Å²) < 4.78 is 56.1. The number of nitrogens with one attached hydrogen (secondary N) is 1. The van der Waals surface area contributed by atoms with Gasteiger partial charge in [0.2, 0.25) is 5.91 Å². The number of carbonyl (C=O) groups excluding carboxylic acids is 1. The molecule has 1 heterocycles. The molecule has 0 aliphatic rings. The molecule has 36 heavy (non-hydrogen) atoms. The third kappa shape index (κ3) is 5.51. The number of methoxy groups -OCH3 is 2. The molecule has 0 unspecified atom stereocenters. The Hall–Kier alpha value is -4.27. The molecule has 0 bridgehead atoms. The van der Waals surface area contributed by atoms with E-state index in [-0.39, 0.29) is 17.5 Å². The van der Waals surface area contributed by atoms with Crippen LogP contribution in [0.25, 0.3) is 10.9 Å².